The molecule has 2 atom stereocenters. The summed E-state index contributed by atoms with van der Waals surface area (Å²) in [5.41, 5.74) is 2.27. The summed E-state index contributed by atoms with van der Waals surface area (Å²) >= 11 is 0. The van der Waals surface area contributed by atoms with Gasteiger partial charge in [-0.05, 0) is 80.4 Å². The van der Waals surface area contributed by atoms with E-state index < -0.39 is 17.0 Å². The highest BCUT2D eigenvalue weighted by molar-refractivity contribution is 5.96. The summed E-state index contributed by atoms with van der Waals surface area (Å²) < 4.78 is 27.3. The third kappa shape index (κ3) is 2.76. The van der Waals surface area contributed by atoms with E-state index in [-0.39, 0.29) is 17.0 Å². The Balaban J connectivity index is 1.47. The van der Waals surface area contributed by atoms with Gasteiger partial charge in [-0.3, -0.25) is 4.79 Å². The van der Waals surface area contributed by atoms with E-state index in [0.29, 0.717) is 11.8 Å². The highest BCUT2D eigenvalue weighted by Crippen LogP contribution is 2.66. The van der Waals surface area contributed by atoms with E-state index in [2.05, 4.69) is 36.5 Å². The van der Waals surface area contributed by atoms with Crippen molar-refractivity contribution in [3.8, 4) is 0 Å². The monoisotopic (exact) mass is 381 g/mol. The number of benzene rings is 2. The van der Waals surface area contributed by atoms with Gasteiger partial charge in [-0.15, -0.1) is 0 Å². The first-order valence-corrected chi connectivity index (χ1v) is 10.2. The quantitative estimate of drug-likeness (QED) is 0.721. The fourth-order valence-electron chi connectivity index (χ4n) is 6.62. The van der Waals surface area contributed by atoms with E-state index >= 15 is 0 Å². The van der Waals surface area contributed by atoms with E-state index in [1.165, 1.54) is 29.7 Å². The molecule has 4 aliphatic rings. The Morgan fingerprint density at radius 2 is 1.68 bits per heavy atom. The first-order valence-electron chi connectivity index (χ1n) is 10.2. The lowest BCUT2D eigenvalue weighted by atomic mass is 9.42. The molecule has 0 aromatic heterocycles. The summed E-state index contributed by atoms with van der Waals surface area (Å²) in [6.07, 6.45) is 6.08. The molecule has 4 aliphatic carbocycles. The van der Waals surface area contributed by atoms with Crippen molar-refractivity contribution < 1.29 is 13.6 Å². The third-order valence-electron chi connectivity index (χ3n) is 7.39. The molecular weight excluding hydrogens is 356 g/mol. The molecule has 0 saturated heterocycles. The number of rotatable bonds is 3. The molecule has 1 amide bonds. The topological polar surface area (TPSA) is 29.1 Å². The molecule has 2 aromatic carbocycles. The van der Waals surface area contributed by atoms with Gasteiger partial charge in [0, 0.05) is 6.07 Å². The van der Waals surface area contributed by atoms with E-state index in [1.807, 2.05) is 0 Å². The summed E-state index contributed by atoms with van der Waals surface area (Å²) in [7, 11) is 0. The normalized spacial score (nSPS) is 33.1. The molecule has 2 nitrogen and oxygen atoms in total. The van der Waals surface area contributed by atoms with Crippen molar-refractivity contribution in [1.29, 1.82) is 0 Å². The average Bonchev–Trinajstić information content (AvgIpc) is 2.63. The summed E-state index contributed by atoms with van der Waals surface area (Å²) in [6.45, 7) is 2.09. The fourth-order valence-corrected chi connectivity index (χ4v) is 6.62. The SMILES string of the molecule is Cc1ccc(C23C[C@@H]4C[C@H](CC(C(=O)Nc5ccc(F)cc5F)(C4)C2)C3)cc1. The number of anilines is 1. The lowest BCUT2D eigenvalue weighted by molar-refractivity contribution is -0.143. The van der Waals surface area contributed by atoms with Crippen LogP contribution in [-0.2, 0) is 10.2 Å². The molecule has 2 aromatic rings. The molecule has 0 radical (unpaired) electrons. The number of carbonyl (C=O) groups is 1. The van der Waals surface area contributed by atoms with Gasteiger partial charge in [0.05, 0.1) is 11.1 Å². The van der Waals surface area contributed by atoms with Gasteiger partial charge >= 0.3 is 0 Å². The molecule has 4 saturated carbocycles. The lowest BCUT2D eigenvalue weighted by Gasteiger charge is -2.61. The maximum Gasteiger partial charge on any atom is 0.230 e. The average molecular weight is 381 g/mol. The number of amides is 1. The van der Waals surface area contributed by atoms with Gasteiger partial charge in [0.25, 0.3) is 0 Å². The van der Waals surface area contributed by atoms with E-state index in [0.717, 1.165) is 38.2 Å². The molecule has 0 spiro atoms. The van der Waals surface area contributed by atoms with Gasteiger partial charge in [-0.2, -0.15) is 0 Å². The van der Waals surface area contributed by atoms with Crippen LogP contribution in [0.2, 0.25) is 0 Å². The van der Waals surface area contributed by atoms with Crippen LogP contribution in [0, 0.1) is 35.8 Å². The van der Waals surface area contributed by atoms with Crippen LogP contribution in [0.5, 0.6) is 0 Å². The van der Waals surface area contributed by atoms with Crippen molar-refractivity contribution >= 4 is 11.6 Å². The lowest BCUT2D eigenvalue weighted by Crippen LogP contribution is -2.58. The molecule has 4 fully saturated rings. The Labute approximate surface area is 164 Å². The number of hydrogen-bond donors (Lipinski definition) is 1. The zero-order valence-electron chi connectivity index (χ0n) is 16.1. The molecule has 4 bridgehead atoms. The minimum atomic E-state index is -0.716. The molecule has 4 heteroatoms. The van der Waals surface area contributed by atoms with Crippen LogP contribution < -0.4 is 5.32 Å². The molecule has 0 aliphatic heterocycles. The van der Waals surface area contributed by atoms with Gasteiger partial charge in [-0.25, -0.2) is 8.78 Å². The van der Waals surface area contributed by atoms with Gasteiger partial charge in [-0.1, -0.05) is 29.8 Å². The summed E-state index contributed by atoms with van der Waals surface area (Å²) in [4.78, 5) is 13.4. The maximum absolute atomic E-state index is 14.1. The number of hydrogen-bond acceptors (Lipinski definition) is 1. The van der Waals surface area contributed by atoms with Crippen molar-refractivity contribution in [2.24, 2.45) is 17.3 Å². The molecule has 28 heavy (non-hydrogen) atoms. The van der Waals surface area contributed by atoms with Gasteiger partial charge in [0.2, 0.25) is 5.91 Å². The fraction of sp³-hybridized carbons (Fsp3) is 0.458. The number of carbonyl (C=O) groups excluding carboxylic acids is 1. The second-order valence-corrected chi connectivity index (χ2v) is 9.47. The van der Waals surface area contributed by atoms with Crippen LogP contribution in [0.1, 0.15) is 49.7 Å². The van der Waals surface area contributed by atoms with Crippen LogP contribution in [0.4, 0.5) is 14.5 Å². The van der Waals surface area contributed by atoms with Crippen LogP contribution in [-0.4, -0.2) is 5.91 Å². The smallest absolute Gasteiger partial charge is 0.230 e. The predicted octanol–water partition coefficient (Wildman–Crippen LogP) is 5.75. The summed E-state index contributed by atoms with van der Waals surface area (Å²) in [5.74, 6) is -0.351. The summed E-state index contributed by atoms with van der Waals surface area (Å²) in [5, 5.41) is 2.79. The zero-order valence-corrected chi connectivity index (χ0v) is 16.1. The number of halogens is 2. The minimum absolute atomic E-state index is 0.0520. The summed E-state index contributed by atoms with van der Waals surface area (Å²) in [6, 6.07) is 12.1. The van der Waals surface area contributed by atoms with Gasteiger partial charge in [0.15, 0.2) is 0 Å². The van der Waals surface area contributed by atoms with Crippen LogP contribution in [0.25, 0.3) is 0 Å². The van der Waals surface area contributed by atoms with Crippen LogP contribution >= 0.6 is 0 Å². The minimum Gasteiger partial charge on any atom is -0.323 e. The van der Waals surface area contributed by atoms with Crippen molar-refractivity contribution in [2.75, 3.05) is 5.32 Å². The predicted molar refractivity (Wildman–Crippen MR) is 105 cm³/mol. The van der Waals surface area contributed by atoms with Crippen LogP contribution in [0.15, 0.2) is 42.5 Å². The Bertz CT molecular complexity index is 922. The van der Waals surface area contributed by atoms with Crippen LogP contribution in [0.3, 0.4) is 0 Å². The number of nitrogens with one attached hydrogen (secondary N) is 1. The Kier molecular flexibility index (Phi) is 3.91. The van der Waals surface area contributed by atoms with Gasteiger partial charge < -0.3 is 5.32 Å². The first kappa shape index (κ1) is 17.8. The highest BCUT2D eigenvalue weighted by Gasteiger charge is 2.60. The molecule has 146 valence electrons. The van der Waals surface area contributed by atoms with Crippen molar-refractivity contribution in [1.82, 2.24) is 0 Å². The Morgan fingerprint density at radius 1 is 1.00 bits per heavy atom. The van der Waals surface area contributed by atoms with E-state index in [9.17, 15) is 13.6 Å². The first-order chi connectivity index (χ1) is 13.4. The third-order valence-corrected chi connectivity index (χ3v) is 7.39. The molecule has 0 unspecified atom stereocenters. The molecule has 1 N–H and O–H groups in total. The second-order valence-electron chi connectivity index (χ2n) is 9.47. The largest absolute Gasteiger partial charge is 0.323 e. The van der Waals surface area contributed by atoms with Gasteiger partial charge in [0.1, 0.15) is 11.6 Å². The molecule has 0 heterocycles. The van der Waals surface area contributed by atoms with Crippen molar-refractivity contribution in [3.63, 3.8) is 0 Å². The highest BCUT2D eigenvalue weighted by atomic mass is 19.1. The van der Waals surface area contributed by atoms with E-state index in [4.69, 9.17) is 0 Å². The Morgan fingerprint density at radius 3 is 2.32 bits per heavy atom. The Hall–Kier alpha value is -2.23. The second kappa shape index (κ2) is 6.13. The maximum atomic E-state index is 14.1. The molecular formula is C24H25F2NO. The van der Waals surface area contributed by atoms with E-state index in [1.54, 1.807) is 0 Å². The molecule has 6 rings (SSSR count). The zero-order chi connectivity index (χ0) is 19.5. The van der Waals surface area contributed by atoms with Crippen molar-refractivity contribution in [2.45, 2.75) is 50.9 Å². The van der Waals surface area contributed by atoms with Crippen molar-refractivity contribution in [3.05, 3.63) is 65.2 Å². The standard InChI is InChI=1S/C24H25F2NO/c1-15-2-4-18(5-3-15)23-10-16-8-17(11-23)13-24(12-16,14-23)22(28)27-21-7-6-19(25)9-20(21)26/h2-7,9,16-17H,8,10-14H2,1H3,(H,27,28)/t16-,17-,23?,24?/m0/s1. The number of aryl methyl sites for hydroxylation is 1.